The van der Waals surface area contributed by atoms with E-state index in [2.05, 4.69) is 0 Å². The fraction of sp³-hybridized carbons (Fsp3) is 0.500. The second kappa shape index (κ2) is 6.07. The van der Waals surface area contributed by atoms with Crippen LogP contribution < -0.4 is 0 Å². The van der Waals surface area contributed by atoms with Gasteiger partial charge < -0.3 is 10.0 Å². The van der Waals surface area contributed by atoms with Crippen LogP contribution >= 0.6 is 0 Å². The van der Waals surface area contributed by atoms with E-state index in [4.69, 9.17) is 5.11 Å². The Bertz CT molecular complexity index is 522. The SMILES string of the molecule is CC(C)N(CCC(=O)O)C(=O)c1ccc2c(c1)CCC2. The molecule has 0 heterocycles. The third kappa shape index (κ3) is 3.18. The highest BCUT2D eigenvalue weighted by atomic mass is 16.4. The average Bonchev–Trinajstić information content (AvgIpc) is 2.84. The molecule has 0 aromatic heterocycles. The van der Waals surface area contributed by atoms with Gasteiger partial charge in [-0.25, -0.2) is 0 Å². The molecule has 108 valence electrons. The monoisotopic (exact) mass is 275 g/mol. The predicted molar refractivity (Wildman–Crippen MR) is 76.9 cm³/mol. The number of fused-ring (bicyclic) bond motifs is 1. The summed E-state index contributed by atoms with van der Waals surface area (Å²) in [6, 6.07) is 5.87. The highest BCUT2D eigenvalue weighted by molar-refractivity contribution is 5.95. The Labute approximate surface area is 119 Å². The fourth-order valence-electron chi connectivity index (χ4n) is 2.68. The minimum Gasteiger partial charge on any atom is -0.481 e. The summed E-state index contributed by atoms with van der Waals surface area (Å²) in [6.45, 7) is 4.07. The van der Waals surface area contributed by atoms with Crippen LogP contribution in [0.2, 0.25) is 0 Å². The largest absolute Gasteiger partial charge is 0.481 e. The van der Waals surface area contributed by atoms with Crippen molar-refractivity contribution in [2.45, 2.75) is 45.6 Å². The quantitative estimate of drug-likeness (QED) is 0.898. The molecule has 1 amide bonds. The Kier molecular flexibility index (Phi) is 4.42. The third-order valence-corrected chi connectivity index (χ3v) is 3.80. The van der Waals surface area contributed by atoms with Gasteiger partial charge in [0.05, 0.1) is 6.42 Å². The highest BCUT2D eigenvalue weighted by Gasteiger charge is 2.21. The van der Waals surface area contributed by atoms with E-state index in [1.807, 2.05) is 32.0 Å². The highest BCUT2D eigenvalue weighted by Crippen LogP contribution is 2.23. The van der Waals surface area contributed by atoms with Crippen molar-refractivity contribution in [3.63, 3.8) is 0 Å². The number of hydrogen-bond acceptors (Lipinski definition) is 2. The number of aliphatic carboxylic acids is 1. The summed E-state index contributed by atoms with van der Waals surface area (Å²) < 4.78 is 0. The van der Waals surface area contributed by atoms with E-state index < -0.39 is 5.97 Å². The van der Waals surface area contributed by atoms with Gasteiger partial charge in [0.25, 0.3) is 5.91 Å². The molecule has 1 aromatic carbocycles. The van der Waals surface area contributed by atoms with Crippen molar-refractivity contribution in [2.75, 3.05) is 6.54 Å². The van der Waals surface area contributed by atoms with Crippen LogP contribution in [-0.2, 0) is 17.6 Å². The number of benzene rings is 1. The molecule has 0 saturated carbocycles. The smallest absolute Gasteiger partial charge is 0.305 e. The van der Waals surface area contributed by atoms with Gasteiger partial charge in [0.2, 0.25) is 0 Å². The fourth-order valence-corrected chi connectivity index (χ4v) is 2.68. The molecule has 0 radical (unpaired) electrons. The molecule has 1 aliphatic rings. The lowest BCUT2D eigenvalue weighted by Crippen LogP contribution is -2.38. The Balaban J connectivity index is 2.16. The average molecular weight is 275 g/mol. The van der Waals surface area contributed by atoms with Crippen molar-refractivity contribution >= 4 is 11.9 Å². The lowest BCUT2D eigenvalue weighted by Gasteiger charge is -2.26. The number of carbonyl (C=O) groups is 2. The molecule has 0 atom stereocenters. The molecule has 0 fully saturated rings. The van der Waals surface area contributed by atoms with Crippen molar-refractivity contribution in [2.24, 2.45) is 0 Å². The van der Waals surface area contributed by atoms with Crippen molar-refractivity contribution < 1.29 is 14.7 Å². The molecule has 0 saturated heterocycles. The van der Waals surface area contributed by atoms with Crippen LogP contribution in [0.5, 0.6) is 0 Å². The maximum Gasteiger partial charge on any atom is 0.305 e. The first-order valence-corrected chi connectivity index (χ1v) is 7.13. The molecule has 1 aromatic rings. The van der Waals surface area contributed by atoms with E-state index in [1.165, 1.54) is 11.1 Å². The van der Waals surface area contributed by atoms with Gasteiger partial charge in [0.15, 0.2) is 0 Å². The van der Waals surface area contributed by atoms with E-state index in [0.29, 0.717) is 5.56 Å². The molecule has 1 aliphatic carbocycles. The second-order valence-corrected chi connectivity index (χ2v) is 5.57. The summed E-state index contributed by atoms with van der Waals surface area (Å²) in [5, 5.41) is 8.79. The number of amides is 1. The molecule has 2 rings (SSSR count). The van der Waals surface area contributed by atoms with Gasteiger partial charge in [-0.3, -0.25) is 9.59 Å². The Morgan fingerprint density at radius 1 is 1.25 bits per heavy atom. The predicted octanol–water partition coefficient (Wildman–Crippen LogP) is 2.50. The summed E-state index contributed by atoms with van der Waals surface area (Å²) in [5.74, 6) is -0.951. The number of carbonyl (C=O) groups excluding carboxylic acids is 1. The van der Waals surface area contributed by atoms with Crippen LogP contribution in [0.25, 0.3) is 0 Å². The van der Waals surface area contributed by atoms with Gasteiger partial charge in [-0.1, -0.05) is 6.07 Å². The molecule has 0 bridgehead atoms. The first-order valence-electron chi connectivity index (χ1n) is 7.13. The molecule has 0 aliphatic heterocycles. The molecule has 0 unspecified atom stereocenters. The Morgan fingerprint density at radius 3 is 2.60 bits per heavy atom. The summed E-state index contributed by atoms with van der Waals surface area (Å²) >= 11 is 0. The molecule has 1 N–H and O–H groups in total. The van der Waals surface area contributed by atoms with Gasteiger partial charge in [-0.2, -0.15) is 0 Å². The van der Waals surface area contributed by atoms with Crippen LogP contribution in [0.4, 0.5) is 0 Å². The van der Waals surface area contributed by atoms with Crippen LogP contribution in [0.1, 0.15) is 48.2 Å². The van der Waals surface area contributed by atoms with E-state index >= 15 is 0 Å². The molecule has 0 spiro atoms. The molecular weight excluding hydrogens is 254 g/mol. The molecule has 4 nitrogen and oxygen atoms in total. The zero-order valence-corrected chi connectivity index (χ0v) is 12.1. The van der Waals surface area contributed by atoms with E-state index in [0.717, 1.165) is 19.3 Å². The minimum absolute atomic E-state index is 0.00453. The van der Waals surface area contributed by atoms with E-state index in [-0.39, 0.29) is 24.9 Å². The zero-order valence-electron chi connectivity index (χ0n) is 12.1. The van der Waals surface area contributed by atoms with Gasteiger partial charge >= 0.3 is 5.97 Å². The first kappa shape index (κ1) is 14.6. The van der Waals surface area contributed by atoms with Gasteiger partial charge in [-0.15, -0.1) is 0 Å². The van der Waals surface area contributed by atoms with E-state index in [1.54, 1.807) is 4.90 Å². The number of carboxylic acids is 1. The maximum absolute atomic E-state index is 12.5. The number of hydrogen-bond donors (Lipinski definition) is 1. The lowest BCUT2D eigenvalue weighted by molar-refractivity contribution is -0.137. The van der Waals surface area contributed by atoms with Crippen molar-refractivity contribution in [1.29, 1.82) is 0 Å². The standard InChI is InChI=1S/C16H21NO3/c1-11(2)17(9-8-15(18)19)16(20)14-7-6-12-4-3-5-13(12)10-14/h6-7,10-11H,3-5,8-9H2,1-2H3,(H,18,19). The molecular formula is C16H21NO3. The summed E-state index contributed by atoms with van der Waals surface area (Å²) in [6.07, 6.45) is 3.26. The van der Waals surface area contributed by atoms with Crippen LogP contribution in [0.15, 0.2) is 18.2 Å². The maximum atomic E-state index is 12.5. The third-order valence-electron chi connectivity index (χ3n) is 3.80. The van der Waals surface area contributed by atoms with Crippen molar-refractivity contribution in [1.82, 2.24) is 4.90 Å². The van der Waals surface area contributed by atoms with E-state index in [9.17, 15) is 9.59 Å². The molecule has 20 heavy (non-hydrogen) atoms. The number of carboxylic acid groups (broad SMARTS) is 1. The topological polar surface area (TPSA) is 57.6 Å². The van der Waals surface area contributed by atoms with Gasteiger partial charge in [-0.05, 0) is 56.4 Å². The summed E-state index contributed by atoms with van der Waals surface area (Å²) in [4.78, 5) is 24.9. The normalized spacial score (nSPS) is 13.3. The van der Waals surface area contributed by atoms with Crippen molar-refractivity contribution in [3.05, 3.63) is 34.9 Å². The molecule has 4 heteroatoms. The summed E-state index contributed by atoms with van der Waals surface area (Å²) in [5.41, 5.74) is 3.27. The van der Waals surface area contributed by atoms with Gasteiger partial charge in [0, 0.05) is 18.2 Å². The number of rotatable bonds is 5. The number of nitrogens with zero attached hydrogens (tertiary/aromatic N) is 1. The summed E-state index contributed by atoms with van der Waals surface area (Å²) in [7, 11) is 0. The van der Waals surface area contributed by atoms with Crippen LogP contribution in [0, 0.1) is 0 Å². The number of aryl methyl sites for hydroxylation is 2. The van der Waals surface area contributed by atoms with Crippen LogP contribution in [-0.4, -0.2) is 34.5 Å². The lowest BCUT2D eigenvalue weighted by atomic mass is 10.0. The van der Waals surface area contributed by atoms with Gasteiger partial charge in [0.1, 0.15) is 0 Å². The van der Waals surface area contributed by atoms with Crippen LogP contribution in [0.3, 0.4) is 0 Å². The minimum atomic E-state index is -0.877. The Hall–Kier alpha value is -1.84. The second-order valence-electron chi connectivity index (χ2n) is 5.57. The Morgan fingerprint density at radius 2 is 1.95 bits per heavy atom. The first-order chi connectivity index (χ1) is 9.49. The zero-order chi connectivity index (χ0) is 14.7. The van der Waals surface area contributed by atoms with Crippen molar-refractivity contribution in [3.8, 4) is 0 Å².